The van der Waals surface area contributed by atoms with Crippen LogP contribution in [-0.4, -0.2) is 92.3 Å². The molecule has 9 nitrogen and oxygen atoms in total. The van der Waals surface area contributed by atoms with Crippen LogP contribution in [0.15, 0.2) is 47.6 Å². The van der Waals surface area contributed by atoms with Crippen molar-refractivity contribution >= 4 is 57.3 Å². The molecule has 368 valence electrons. The van der Waals surface area contributed by atoms with Gasteiger partial charge in [-0.1, -0.05) is 58.5 Å². The molecule has 8 aliphatic carbocycles. The third kappa shape index (κ3) is 6.32. The summed E-state index contributed by atoms with van der Waals surface area (Å²) < 4.78 is 114. The maximum atomic E-state index is 19.5. The number of aliphatic hydroxyl groups is 1. The molecule has 0 bridgehead atoms. The van der Waals surface area contributed by atoms with E-state index in [0.29, 0.717) is 11.8 Å². The van der Waals surface area contributed by atoms with Crippen LogP contribution >= 0.6 is 23.5 Å². The van der Waals surface area contributed by atoms with Gasteiger partial charge < -0.3 is 14.6 Å². The fraction of sp³-hybridized carbons (Fsp3) is 0.720. The molecule has 0 saturated heterocycles. The van der Waals surface area contributed by atoms with Crippen LogP contribution in [0.25, 0.3) is 0 Å². The Morgan fingerprint density at radius 3 is 1.76 bits per heavy atom. The minimum Gasteiger partial charge on any atom is -0.459 e. The molecule has 0 aliphatic heterocycles. The monoisotopic (exact) mass is 982 g/mol. The van der Waals surface area contributed by atoms with E-state index in [9.17, 15) is 33.1 Å². The zero-order valence-electron chi connectivity index (χ0n) is 38.8. The summed E-state index contributed by atoms with van der Waals surface area (Å²) in [5, 5.41) is 10.7. The number of thioether (sulfide) groups is 2. The Balaban J connectivity index is 1.41. The number of fused-ring (bicyclic) bond motifs is 10. The Bertz CT molecular complexity index is 2290. The van der Waals surface area contributed by atoms with E-state index in [1.54, 1.807) is 20.8 Å². The first kappa shape index (κ1) is 50.2. The fourth-order valence-electron chi connectivity index (χ4n) is 16.2. The standard InChI is InChI=1S/C50H60F6O9S2/c1-8-39(60)64-38-21-46(30(15-26(4)50(46,42(63)67-24-52)65-40(61)9-2)32-19-36(54)34-17-28(58)11-13-44(34,6)49(32,38)56)22-47(41(62)66-23-51)25(3)14-29-31-18-35(53)33-16-27(57)10-12-43(33,5)48(31,55)37(59)20-45(29,47)7/h10-13,16-17,25-26,29-32,35-38,59H,8-9,14-15,18-24H2,1-7H3/t25-,26-,29?,30+,31?,32+,35+,36+,37+,38+,43+,44+,45+,46-,47-,48?,49+,50+/m1/s1. The van der Waals surface area contributed by atoms with E-state index in [2.05, 4.69) is 0 Å². The van der Waals surface area contributed by atoms with Crippen molar-refractivity contribution in [3.63, 3.8) is 0 Å². The lowest BCUT2D eigenvalue weighted by molar-refractivity contribution is -0.255. The topological polar surface area (TPSA) is 141 Å². The number of hydrogen-bond acceptors (Lipinski definition) is 11. The average Bonchev–Trinajstić information content (AvgIpc) is 3.64. The smallest absolute Gasteiger partial charge is 0.306 e. The quantitative estimate of drug-likeness (QED) is 0.165. The summed E-state index contributed by atoms with van der Waals surface area (Å²) >= 11 is 0.498. The van der Waals surface area contributed by atoms with Gasteiger partial charge in [-0.05, 0) is 129 Å². The highest BCUT2D eigenvalue weighted by atomic mass is 32.2. The number of rotatable bonds is 10. The zero-order chi connectivity index (χ0) is 49.2. The first-order valence-electron chi connectivity index (χ1n) is 23.5. The highest BCUT2D eigenvalue weighted by Crippen LogP contribution is 2.80. The van der Waals surface area contributed by atoms with Crippen molar-refractivity contribution in [2.45, 2.75) is 148 Å². The van der Waals surface area contributed by atoms with Crippen molar-refractivity contribution in [1.82, 2.24) is 0 Å². The maximum absolute atomic E-state index is 19.5. The van der Waals surface area contributed by atoms with E-state index in [4.69, 9.17) is 9.47 Å². The normalized spacial score (nSPS) is 48.1. The second-order valence-corrected chi connectivity index (χ2v) is 23.1. The third-order valence-electron chi connectivity index (χ3n) is 19.1. The summed E-state index contributed by atoms with van der Waals surface area (Å²) in [6, 6.07) is -2.55. The van der Waals surface area contributed by atoms with E-state index in [-0.39, 0.29) is 48.6 Å². The second-order valence-electron chi connectivity index (χ2n) is 21.3. The van der Waals surface area contributed by atoms with Crippen molar-refractivity contribution in [1.29, 1.82) is 0 Å². The van der Waals surface area contributed by atoms with Crippen LogP contribution in [0.3, 0.4) is 0 Å². The van der Waals surface area contributed by atoms with Gasteiger partial charge in [0.2, 0.25) is 5.12 Å². The largest absolute Gasteiger partial charge is 0.459 e. The second kappa shape index (κ2) is 16.7. The zero-order valence-corrected chi connectivity index (χ0v) is 40.4. The van der Waals surface area contributed by atoms with E-state index < -0.39 is 182 Å². The lowest BCUT2D eigenvalue weighted by atomic mass is 9.39. The molecule has 0 aromatic heterocycles. The number of ether oxygens (including phenoxy) is 2. The summed E-state index contributed by atoms with van der Waals surface area (Å²) in [7, 11) is 0. The van der Waals surface area contributed by atoms with Crippen molar-refractivity contribution < 1.29 is 69.7 Å². The number of carbonyl (C=O) groups excluding carboxylic acids is 6. The molecule has 0 aromatic carbocycles. The van der Waals surface area contributed by atoms with Crippen molar-refractivity contribution in [2.75, 3.05) is 12.0 Å². The molecule has 8 rings (SSSR count). The van der Waals surface area contributed by atoms with Gasteiger partial charge in [-0.25, -0.2) is 26.3 Å². The minimum atomic E-state index is -2.71. The molecule has 3 unspecified atom stereocenters. The van der Waals surface area contributed by atoms with Gasteiger partial charge in [0.1, 0.15) is 30.5 Å². The molecule has 0 amide bonds. The van der Waals surface area contributed by atoms with Gasteiger partial charge in [0.15, 0.2) is 33.6 Å². The SMILES string of the molecule is CCC(=O)O[C@H]1C[C@@]2(C[C@]3(C(=O)SCF)[C@H](C)CC4C5C[C@H](F)C6=CC(=O)C=C[C@]6(C)C5(F)[C@@H](O)C[C@@]43C)[C@@H](C[C@@H](C)[C@]2(OC(=O)CC)C(=O)SCF)[C@@H]2C[C@H](F)C3=CC(=O)C=C[C@]3(C)[C@@]12F. The molecule has 0 aromatic rings. The van der Waals surface area contributed by atoms with Gasteiger partial charge in [-0.2, -0.15) is 0 Å². The molecule has 17 heteroatoms. The molecule has 0 radical (unpaired) electrons. The summed E-state index contributed by atoms with van der Waals surface area (Å²) in [6.45, 7) is 10.7. The number of aliphatic hydroxyl groups excluding tert-OH is 1. The average molecular weight is 983 g/mol. The molecular formula is C50H60F6O9S2. The molecule has 8 aliphatic rings. The Hall–Kier alpha value is -3.18. The van der Waals surface area contributed by atoms with Crippen LogP contribution in [0.4, 0.5) is 26.3 Å². The van der Waals surface area contributed by atoms with Crippen LogP contribution in [0.5, 0.6) is 0 Å². The number of allylic oxidation sites excluding steroid dienone is 8. The van der Waals surface area contributed by atoms with Gasteiger partial charge in [0, 0.05) is 52.3 Å². The van der Waals surface area contributed by atoms with E-state index in [1.807, 2.05) is 0 Å². The molecule has 0 spiro atoms. The summed E-state index contributed by atoms with van der Waals surface area (Å²) in [5.41, 5.74) is -17.3. The van der Waals surface area contributed by atoms with Crippen LogP contribution < -0.4 is 0 Å². The number of halogens is 6. The Kier molecular flexibility index (Phi) is 12.5. The molecule has 6 saturated carbocycles. The fourth-order valence-corrected chi connectivity index (χ4v) is 17.9. The van der Waals surface area contributed by atoms with E-state index in [1.165, 1.54) is 39.8 Å². The molecule has 67 heavy (non-hydrogen) atoms. The predicted molar refractivity (Wildman–Crippen MR) is 238 cm³/mol. The number of hydrogen-bond donors (Lipinski definition) is 1. The van der Waals surface area contributed by atoms with E-state index in [0.717, 1.165) is 24.3 Å². The number of esters is 2. The Labute approximate surface area is 395 Å². The number of carbonyl (C=O) groups is 6. The van der Waals surface area contributed by atoms with Gasteiger partial charge >= 0.3 is 11.9 Å². The van der Waals surface area contributed by atoms with E-state index >= 15 is 27.2 Å². The lowest BCUT2D eigenvalue weighted by Crippen LogP contribution is -2.73. The molecule has 18 atom stereocenters. The Morgan fingerprint density at radius 1 is 0.716 bits per heavy atom. The van der Waals surface area contributed by atoms with Gasteiger partial charge in [-0.3, -0.25) is 28.8 Å². The third-order valence-corrected chi connectivity index (χ3v) is 20.5. The predicted octanol–water partition coefficient (Wildman–Crippen LogP) is 9.50. The van der Waals surface area contributed by atoms with Gasteiger partial charge in [-0.15, -0.1) is 0 Å². The molecule has 1 N–H and O–H groups in total. The molecular weight excluding hydrogens is 923 g/mol. The Morgan fingerprint density at radius 2 is 1.22 bits per heavy atom. The maximum Gasteiger partial charge on any atom is 0.306 e. The first-order valence-corrected chi connectivity index (χ1v) is 25.4. The highest BCUT2D eigenvalue weighted by Gasteiger charge is 2.84. The summed E-state index contributed by atoms with van der Waals surface area (Å²) in [6.07, 6.45) is -4.20. The van der Waals surface area contributed by atoms with Gasteiger partial charge in [0.05, 0.1) is 6.10 Å². The van der Waals surface area contributed by atoms with Gasteiger partial charge in [0.25, 0.3) is 0 Å². The number of ketones is 2. The van der Waals surface area contributed by atoms with Crippen LogP contribution in [0.1, 0.15) is 106 Å². The van der Waals surface area contributed by atoms with Crippen molar-refractivity contribution in [3.05, 3.63) is 47.6 Å². The van der Waals surface area contributed by atoms with Crippen LogP contribution in [0, 0.1) is 62.6 Å². The first-order chi connectivity index (χ1) is 31.3. The van der Waals surface area contributed by atoms with Crippen molar-refractivity contribution in [2.24, 2.45) is 62.6 Å². The van der Waals surface area contributed by atoms with Crippen LogP contribution in [-0.2, 0) is 38.2 Å². The summed E-state index contributed by atoms with van der Waals surface area (Å²) in [4.78, 5) is 83.7. The lowest BCUT2D eigenvalue weighted by Gasteiger charge is -2.67. The molecule has 6 fully saturated rings. The molecule has 0 heterocycles. The highest BCUT2D eigenvalue weighted by molar-refractivity contribution is 8.13. The number of alkyl halides is 6. The minimum absolute atomic E-state index is 0.0101. The van der Waals surface area contributed by atoms with Crippen molar-refractivity contribution in [3.8, 4) is 0 Å². The van der Waals surface area contributed by atoms with Crippen LogP contribution in [0.2, 0.25) is 0 Å². The summed E-state index contributed by atoms with van der Waals surface area (Å²) in [5.74, 6) is -9.84.